The van der Waals surface area contributed by atoms with Crippen LogP contribution in [0, 0.1) is 12.7 Å². The average molecular weight is 207 g/mol. The third-order valence-electron chi connectivity index (χ3n) is 3.04. The van der Waals surface area contributed by atoms with E-state index in [0.717, 1.165) is 11.1 Å². The topological polar surface area (TPSA) is 29.1 Å². The van der Waals surface area contributed by atoms with Crippen molar-refractivity contribution < 1.29 is 9.18 Å². The number of hydrogen-bond donors (Lipinski definition) is 1. The van der Waals surface area contributed by atoms with Crippen LogP contribution in [0.1, 0.15) is 30.4 Å². The van der Waals surface area contributed by atoms with Crippen LogP contribution in [0.2, 0.25) is 0 Å². The van der Waals surface area contributed by atoms with Gasteiger partial charge in [-0.05, 0) is 37.1 Å². The third-order valence-corrected chi connectivity index (χ3v) is 3.04. The summed E-state index contributed by atoms with van der Waals surface area (Å²) >= 11 is 0. The zero-order chi connectivity index (χ0) is 11.0. The highest BCUT2D eigenvalue weighted by atomic mass is 19.1. The van der Waals surface area contributed by atoms with Crippen molar-refractivity contribution in [3.8, 4) is 0 Å². The molecule has 1 saturated heterocycles. The lowest BCUT2D eigenvalue weighted by Crippen LogP contribution is -2.24. The van der Waals surface area contributed by atoms with E-state index in [-0.39, 0.29) is 23.7 Å². The fourth-order valence-corrected chi connectivity index (χ4v) is 2.18. The summed E-state index contributed by atoms with van der Waals surface area (Å²) in [5, 5.41) is 2.85. The van der Waals surface area contributed by atoms with Crippen molar-refractivity contribution in [3.63, 3.8) is 0 Å². The summed E-state index contributed by atoms with van der Waals surface area (Å²) in [7, 11) is 0. The molecule has 0 saturated carbocycles. The lowest BCUT2D eigenvalue weighted by atomic mass is 9.89. The Bertz CT molecular complexity index is 403. The molecule has 0 aliphatic carbocycles. The van der Waals surface area contributed by atoms with Gasteiger partial charge in [0.05, 0.1) is 0 Å². The highest BCUT2D eigenvalue weighted by Gasteiger charge is 2.31. The highest BCUT2D eigenvalue weighted by molar-refractivity contribution is 5.80. The van der Waals surface area contributed by atoms with Crippen molar-refractivity contribution >= 4 is 5.91 Å². The fraction of sp³-hybridized carbons (Fsp3) is 0.417. The van der Waals surface area contributed by atoms with Crippen LogP contribution in [0.15, 0.2) is 18.2 Å². The van der Waals surface area contributed by atoms with Gasteiger partial charge in [0.2, 0.25) is 5.91 Å². The number of rotatable bonds is 1. The molecule has 2 unspecified atom stereocenters. The summed E-state index contributed by atoms with van der Waals surface area (Å²) in [6.45, 7) is 3.91. The SMILES string of the molecule is Cc1ccc(F)cc1C1CC(=O)NC1C. The Hall–Kier alpha value is -1.38. The normalized spacial score (nSPS) is 25.4. The number of aryl methyl sites for hydroxylation is 1. The van der Waals surface area contributed by atoms with Gasteiger partial charge in [0.15, 0.2) is 0 Å². The minimum atomic E-state index is -0.234. The van der Waals surface area contributed by atoms with E-state index in [4.69, 9.17) is 0 Å². The zero-order valence-corrected chi connectivity index (χ0v) is 8.88. The van der Waals surface area contributed by atoms with Gasteiger partial charge >= 0.3 is 0 Å². The average Bonchev–Trinajstić information content (AvgIpc) is 2.50. The Morgan fingerprint density at radius 2 is 2.20 bits per heavy atom. The predicted octanol–water partition coefficient (Wildman–Crippen LogP) is 2.13. The van der Waals surface area contributed by atoms with Crippen LogP contribution < -0.4 is 5.32 Å². The lowest BCUT2D eigenvalue weighted by Gasteiger charge is -2.16. The molecule has 2 rings (SSSR count). The molecule has 1 fully saturated rings. The van der Waals surface area contributed by atoms with Crippen molar-refractivity contribution in [2.45, 2.75) is 32.2 Å². The van der Waals surface area contributed by atoms with E-state index in [1.165, 1.54) is 12.1 Å². The fourth-order valence-electron chi connectivity index (χ4n) is 2.18. The summed E-state index contributed by atoms with van der Waals surface area (Å²) in [6.07, 6.45) is 0.464. The molecule has 0 radical (unpaired) electrons. The first kappa shape index (κ1) is 10.1. The molecule has 0 spiro atoms. The molecule has 3 heteroatoms. The van der Waals surface area contributed by atoms with Gasteiger partial charge in [-0.3, -0.25) is 4.79 Å². The number of halogens is 1. The van der Waals surface area contributed by atoms with Gasteiger partial charge in [0.25, 0.3) is 0 Å². The van der Waals surface area contributed by atoms with Crippen molar-refractivity contribution in [2.75, 3.05) is 0 Å². The Kier molecular flexibility index (Phi) is 2.47. The van der Waals surface area contributed by atoms with Gasteiger partial charge in [0.1, 0.15) is 5.82 Å². The number of carbonyl (C=O) groups is 1. The zero-order valence-electron chi connectivity index (χ0n) is 8.88. The number of nitrogens with one attached hydrogen (secondary N) is 1. The maximum absolute atomic E-state index is 13.1. The molecule has 1 N–H and O–H groups in total. The van der Waals surface area contributed by atoms with Crippen LogP contribution in [0.25, 0.3) is 0 Å². The van der Waals surface area contributed by atoms with E-state index in [0.29, 0.717) is 6.42 Å². The van der Waals surface area contributed by atoms with Crippen molar-refractivity contribution in [1.29, 1.82) is 0 Å². The monoisotopic (exact) mass is 207 g/mol. The predicted molar refractivity (Wildman–Crippen MR) is 56.1 cm³/mol. The van der Waals surface area contributed by atoms with Crippen LogP contribution in [-0.4, -0.2) is 11.9 Å². The highest BCUT2D eigenvalue weighted by Crippen LogP contribution is 2.30. The molecule has 1 amide bonds. The van der Waals surface area contributed by atoms with Crippen LogP contribution in [0.5, 0.6) is 0 Å². The quantitative estimate of drug-likeness (QED) is 0.751. The number of benzene rings is 1. The van der Waals surface area contributed by atoms with Crippen molar-refractivity contribution in [2.24, 2.45) is 0 Å². The van der Waals surface area contributed by atoms with Crippen molar-refractivity contribution in [3.05, 3.63) is 35.1 Å². The van der Waals surface area contributed by atoms with E-state index in [1.54, 1.807) is 6.07 Å². The smallest absolute Gasteiger partial charge is 0.220 e. The number of hydrogen-bond acceptors (Lipinski definition) is 1. The second-order valence-electron chi connectivity index (χ2n) is 4.17. The molecule has 1 aliphatic rings. The summed E-state index contributed by atoms with van der Waals surface area (Å²) in [5.74, 6) is -0.0773. The molecule has 2 atom stereocenters. The first-order valence-electron chi connectivity index (χ1n) is 5.13. The van der Waals surface area contributed by atoms with E-state index >= 15 is 0 Å². The number of amides is 1. The van der Waals surface area contributed by atoms with E-state index in [9.17, 15) is 9.18 Å². The minimum Gasteiger partial charge on any atom is -0.353 e. The Balaban J connectivity index is 2.36. The summed E-state index contributed by atoms with van der Waals surface area (Å²) in [4.78, 5) is 11.2. The van der Waals surface area contributed by atoms with E-state index < -0.39 is 0 Å². The molecular formula is C12H14FNO. The Labute approximate surface area is 88.5 Å². The number of carbonyl (C=O) groups excluding carboxylic acids is 1. The molecule has 80 valence electrons. The van der Waals surface area contributed by atoms with Crippen LogP contribution >= 0.6 is 0 Å². The maximum atomic E-state index is 13.1. The second kappa shape index (κ2) is 3.65. The molecule has 1 aromatic rings. The first-order valence-corrected chi connectivity index (χ1v) is 5.13. The largest absolute Gasteiger partial charge is 0.353 e. The minimum absolute atomic E-state index is 0.0520. The van der Waals surface area contributed by atoms with E-state index in [2.05, 4.69) is 5.32 Å². The maximum Gasteiger partial charge on any atom is 0.220 e. The Morgan fingerprint density at radius 1 is 1.47 bits per heavy atom. The molecule has 1 aromatic carbocycles. The van der Waals surface area contributed by atoms with Crippen LogP contribution in [0.4, 0.5) is 4.39 Å². The lowest BCUT2D eigenvalue weighted by molar-refractivity contribution is -0.119. The van der Waals surface area contributed by atoms with Gasteiger partial charge in [-0.15, -0.1) is 0 Å². The summed E-state index contributed by atoms with van der Waals surface area (Å²) in [6, 6.07) is 4.85. The van der Waals surface area contributed by atoms with E-state index in [1.807, 2.05) is 13.8 Å². The molecule has 0 aromatic heterocycles. The van der Waals surface area contributed by atoms with Gasteiger partial charge < -0.3 is 5.32 Å². The third kappa shape index (κ3) is 1.87. The van der Waals surface area contributed by atoms with Crippen LogP contribution in [-0.2, 0) is 4.79 Å². The standard InChI is InChI=1S/C12H14FNO/c1-7-3-4-9(13)5-10(7)11-6-12(15)14-8(11)2/h3-5,8,11H,6H2,1-2H3,(H,14,15). The van der Waals surface area contributed by atoms with Gasteiger partial charge in [-0.25, -0.2) is 4.39 Å². The molecule has 0 bridgehead atoms. The summed E-state index contributed by atoms with van der Waals surface area (Å²) < 4.78 is 13.1. The van der Waals surface area contributed by atoms with Gasteiger partial charge in [-0.2, -0.15) is 0 Å². The molecular weight excluding hydrogens is 193 g/mol. The molecule has 2 nitrogen and oxygen atoms in total. The molecule has 15 heavy (non-hydrogen) atoms. The van der Waals surface area contributed by atoms with Gasteiger partial charge in [0, 0.05) is 18.4 Å². The Morgan fingerprint density at radius 3 is 2.80 bits per heavy atom. The van der Waals surface area contributed by atoms with Gasteiger partial charge in [-0.1, -0.05) is 6.07 Å². The summed E-state index contributed by atoms with van der Waals surface area (Å²) in [5.41, 5.74) is 1.99. The second-order valence-corrected chi connectivity index (χ2v) is 4.17. The van der Waals surface area contributed by atoms with Crippen LogP contribution in [0.3, 0.4) is 0 Å². The first-order chi connectivity index (χ1) is 7.08. The van der Waals surface area contributed by atoms with Crippen molar-refractivity contribution in [1.82, 2.24) is 5.32 Å². The molecule has 1 heterocycles. The molecule has 1 aliphatic heterocycles.